The summed E-state index contributed by atoms with van der Waals surface area (Å²) >= 11 is 11.4. The molecule has 10 heteroatoms. The van der Waals surface area contributed by atoms with Crippen molar-refractivity contribution in [2.45, 2.75) is 6.42 Å². The maximum atomic E-state index is 11.8. The maximum Gasteiger partial charge on any atom is 0.290 e. The van der Waals surface area contributed by atoms with Gasteiger partial charge in [0.25, 0.3) is 11.6 Å². The predicted molar refractivity (Wildman–Crippen MR) is 79.8 cm³/mol. The first-order chi connectivity index (χ1) is 9.61. The first-order valence-electron chi connectivity index (χ1n) is 5.71. The molecule has 0 heterocycles. The molecule has 1 rings (SSSR count). The number of carbonyl (C=O) groups is 1. The third-order valence-electron chi connectivity index (χ3n) is 2.45. The van der Waals surface area contributed by atoms with Gasteiger partial charge in [-0.05, 0) is 12.5 Å². The number of hydrogen-bond acceptors (Lipinski definition) is 5. The second-order valence-corrected chi connectivity index (χ2v) is 7.33. The van der Waals surface area contributed by atoms with Crippen molar-refractivity contribution in [3.63, 3.8) is 0 Å². The van der Waals surface area contributed by atoms with Gasteiger partial charge >= 0.3 is 0 Å². The molecule has 7 nitrogen and oxygen atoms in total. The molecule has 21 heavy (non-hydrogen) atoms. The zero-order valence-corrected chi connectivity index (χ0v) is 13.3. The van der Waals surface area contributed by atoms with E-state index < -0.39 is 26.4 Å². The fourth-order valence-corrected chi connectivity index (χ4v) is 2.54. The lowest BCUT2D eigenvalue weighted by molar-refractivity contribution is -0.384. The van der Waals surface area contributed by atoms with E-state index >= 15 is 0 Å². The van der Waals surface area contributed by atoms with Gasteiger partial charge < -0.3 is 5.32 Å². The van der Waals surface area contributed by atoms with Gasteiger partial charge in [-0.25, -0.2) is 8.42 Å². The van der Waals surface area contributed by atoms with Gasteiger partial charge in [0.05, 0.1) is 15.7 Å². The Morgan fingerprint density at radius 1 is 1.38 bits per heavy atom. The third-order valence-corrected chi connectivity index (χ3v) is 4.27. The molecule has 116 valence electrons. The molecule has 0 atom stereocenters. The van der Waals surface area contributed by atoms with E-state index in [1.807, 2.05) is 0 Å². The summed E-state index contributed by atoms with van der Waals surface area (Å²) in [5.41, 5.74) is -0.485. The molecule has 0 radical (unpaired) electrons. The predicted octanol–water partition coefficient (Wildman–Crippen LogP) is 2.07. The molecule has 0 fully saturated rings. The van der Waals surface area contributed by atoms with Crippen LogP contribution < -0.4 is 5.32 Å². The number of nitrogens with one attached hydrogen (secondary N) is 1. The van der Waals surface area contributed by atoms with Crippen LogP contribution >= 0.6 is 23.2 Å². The molecular formula is C11H12Cl2N2O5S. The van der Waals surface area contributed by atoms with Crippen molar-refractivity contribution in [2.24, 2.45) is 0 Å². The summed E-state index contributed by atoms with van der Waals surface area (Å²) in [5.74, 6) is -0.653. The first kappa shape index (κ1) is 17.7. The van der Waals surface area contributed by atoms with Gasteiger partial charge in [0.1, 0.15) is 14.9 Å². The SMILES string of the molecule is CS(=O)(=O)CCCNC(=O)c1cc(Cl)c(Cl)c([N+](=O)[O-])c1. The van der Waals surface area contributed by atoms with E-state index in [2.05, 4.69) is 5.32 Å². The van der Waals surface area contributed by atoms with E-state index in [1.54, 1.807) is 0 Å². The Balaban J connectivity index is 2.77. The van der Waals surface area contributed by atoms with Gasteiger partial charge in [0, 0.05) is 24.4 Å². The highest BCUT2D eigenvalue weighted by atomic mass is 35.5. The van der Waals surface area contributed by atoms with E-state index in [4.69, 9.17) is 23.2 Å². The minimum Gasteiger partial charge on any atom is -0.352 e. The molecule has 0 saturated heterocycles. The molecule has 0 bridgehead atoms. The molecule has 0 aliphatic rings. The van der Waals surface area contributed by atoms with Crippen molar-refractivity contribution in [1.29, 1.82) is 0 Å². The standard InChI is InChI=1S/C11H12Cl2N2O5S/c1-21(19,20)4-2-3-14-11(16)7-5-8(12)10(13)9(6-7)15(17)18/h5-6H,2-4H2,1H3,(H,14,16). The minimum atomic E-state index is -3.10. The Morgan fingerprint density at radius 3 is 2.52 bits per heavy atom. The zero-order valence-electron chi connectivity index (χ0n) is 10.9. The monoisotopic (exact) mass is 354 g/mol. The van der Waals surface area contributed by atoms with Crippen molar-refractivity contribution >= 4 is 44.6 Å². The van der Waals surface area contributed by atoms with Gasteiger partial charge in [0.15, 0.2) is 0 Å². The highest BCUT2D eigenvalue weighted by Crippen LogP contribution is 2.32. The van der Waals surface area contributed by atoms with Crippen LogP contribution in [0.2, 0.25) is 10.0 Å². The maximum absolute atomic E-state index is 11.8. The van der Waals surface area contributed by atoms with Crippen LogP contribution in [0.15, 0.2) is 12.1 Å². The zero-order chi connectivity index (χ0) is 16.2. The summed E-state index contributed by atoms with van der Waals surface area (Å²) < 4.78 is 21.9. The van der Waals surface area contributed by atoms with Gasteiger partial charge in [-0.1, -0.05) is 23.2 Å². The first-order valence-corrected chi connectivity index (χ1v) is 8.53. The average Bonchev–Trinajstić information content (AvgIpc) is 2.35. The Morgan fingerprint density at radius 2 is 2.00 bits per heavy atom. The van der Waals surface area contributed by atoms with Gasteiger partial charge in [-0.3, -0.25) is 14.9 Å². The molecule has 1 amide bonds. The molecule has 1 aromatic rings. The van der Waals surface area contributed by atoms with Crippen molar-refractivity contribution in [1.82, 2.24) is 5.32 Å². The Hall–Kier alpha value is -1.38. The number of carbonyl (C=O) groups excluding carboxylic acids is 1. The normalized spacial score (nSPS) is 11.2. The molecule has 0 spiro atoms. The number of sulfone groups is 1. The van der Waals surface area contributed by atoms with Crippen molar-refractivity contribution < 1.29 is 18.1 Å². The molecule has 1 aromatic carbocycles. The van der Waals surface area contributed by atoms with Crippen molar-refractivity contribution in [3.8, 4) is 0 Å². The smallest absolute Gasteiger partial charge is 0.290 e. The average molecular weight is 355 g/mol. The van der Waals surface area contributed by atoms with E-state index in [9.17, 15) is 23.3 Å². The number of benzene rings is 1. The molecule has 0 aliphatic carbocycles. The van der Waals surface area contributed by atoms with Crippen LogP contribution in [0.5, 0.6) is 0 Å². The van der Waals surface area contributed by atoms with E-state index in [0.717, 1.165) is 12.3 Å². The molecule has 0 saturated carbocycles. The minimum absolute atomic E-state index is 0.0181. The molecular weight excluding hydrogens is 343 g/mol. The summed E-state index contributed by atoms with van der Waals surface area (Å²) in [6, 6.07) is 2.23. The van der Waals surface area contributed by atoms with Gasteiger partial charge in [-0.2, -0.15) is 0 Å². The van der Waals surface area contributed by atoms with E-state index in [-0.39, 0.29) is 34.3 Å². The van der Waals surface area contributed by atoms with Gasteiger partial charge in [-0.15, -0.1) is 0 Å². The summed E-state index contributed by atoms with van der Waals surface area (Å²) in [7, 11) is -3.10. The van der Waals surface area contributed by atoms with Gasteiger partial charge in [0.2, 0.25) is 0 Å². The second-order valence-electron chi connectivity index (χ2n) is 4.29. The largest absolute Gasteiger partial charge is 0.352 e. The van der Waals surface area contributed by atoms with Crippen LogP contribution in [0, 0.1) is 10.1 Å². The summed E-state index contributed by atoms with van der Waals surface area (Å²) in [6.45, 7) is 0.125. The van der Waals surface area contributed by atoms with Crippen molar-refractivity contribution in [3.05, 3.63) is 37.9 Å². The molecule has 0 aromatic heterocycles. The van der Waals surface area contributed by atoms with Crippen LogP contribution in [-0.2, 0) is 9.84 Å². The molecule has 0 aliphatic heterocycles. The summed E-state index contributed by atoms with van der Waals surface area (Å²) in [5, 5.41) is 12.9. The molecule has 0 unspecified atom stereocenters. The summed E-state index contributed by atoms with van der Waals surface area (Å²) in [6.07, 6.45) is 1.34. The van der Waals surface area contributed by atoms with Crippen molar-refractivity contribution in [2.75, 3.05) is 18.6 Å². The number of nitrogens with zero attached hydrogens (tertiary/aromatic N) is 1. The Kier molecular flexibility index (Phi) is 5.94. The van der Waals surface area contributed by atoms with Crippen LogP contribution in [0.25, 0.3) is 0 Å². The fraction of sp³-hybridized carbons (Fsp3) is 0.364. The second kappa shape index (κ2) is 7.06. The van der Waals surface area contributed by atoms with E-state index in [1.165, 1.54) is 6.07 Å². The van der Waals surface area contributed by atoms with E-state index in [0.29, 0.717) is 0 Å². The third kappa shape index (κ3) is 5.49. The Bertz CT molecular complexity index is 675. The number of hydrogen-bond donors (Lipinski definition) is 1. The lowest BCUT2D eigenvalue weighted by atomic mass is 10.2. The van der Waals surface area contributed by atoms with Crippen LogP contribution in [0.1, 0.15) is 16.8 Å². The van der Waals surface area contributed by atoms with Crippen LogP contribution in [0.4, 0.5) is 5.69 Å². The number of rotatable bonds is 6. The summed E-state index contributed by atoms with van der Waals surface area (Å²) in [4.78, 5) is 21.9. The molecule has 1 N–H and O–H groups in total. The quantitative estimate of drug-likeness (QED) is 0.478. The number of amides is 1. The van der Waals surface area contributed by atoms with Crippen LogP contribution in [0.3, 0.4) is 0 Å². The topological polar surface area (TPSA) is 106 Å². The lowest BCUT2D eigenvalue weighted by Crippen LogP contribution is -2.26. The number of nitro benzene ring substituents is 1. The lowest BCUT2D eigenvalue weighted by Gasteiger charge is -2.06. The fourth-order valence-electron chi connectivity index (χ4n) is 1.48. The highest BCUT2D eigenvalue weighted by Gasteiger charge is 2.20. The highest BCUT2D eigenvalue weighted by molar-refractivity contribution is 7.90. The van der Waals surface area contributed by atoms with Crippen LogP contribution in [-0.4, -0.2) is 37.8 Å². The number of nitro groups is 1. The number of halogens is 2. The Labute approximate surface area is 131 Å².